The second-order valence-electron chi connectivity index (χ2n) is 5.20. The van der Waals surface area contributed by atoms with Crippen LogP contribution in [0.5, 0.6) is 0 Å². The molecule has 1 aromatic rings. The molecule has 2 rings (SSSR count). The van der Waals surface area contributed by atoms with Crippen LogP contribution in [0.3, 0.4) is 0 Å². The fourth-order valence-corrected chi connectivity index (χ4v) is 2.36. The van der Waals surface area contributed by atoms with E-state index in [4.69, 9.17) is 0 Å². The molecule has 116 valence electrons. The lowest BCUT2D eigenvalue weighted by Gasteiger charge is -2.20. The molecule has 3 N–H and O–H groups in total. The van der Waals surface area contributed by atoms with E-state index < -0.39 is 5.69 Å². The predicted octanol–water partition coefficient (Wildman–Crippen LogP) is -0.103. The molecule has 0 atom stereocenters. The van der Waals surface area contributed by atoms with Gasteiger partial charge in [0, 0.05) is 25.9 Å². The molecule has 2 heterocycles. The van der Waals surface area contributed by atoms with Gasteiger partial charge in [0.25, 0.3) is 0 Å². The zero-order valence-electron chi connectivity index (χ0n) is 12.0. The molecule has 1 aromatic heterocycles. The van der Waals surface area contributed by atoms with Gasteiger partial charge in [-0.25, -0.2) is 9.89 Å². The van der Waals surface area contributed by atoms with Crippen LogP contribution in [-0.2, 0) is 16.1 Å². The largest absolute Gasteiger partial charge is 0.349 e. The summed E-state index contributed by atoms with van der Waals surface area (Å²) >= 11 is 0. The van der Waals surface area contributed by atoms with E-state index in [-0.39, 0.29) is 31.2 Å². The molecule has 0 aliphatic carbocycles. The number of carbonyl (C=O) groups excluding carboxylic acids is 2. The number of H-pyrrole nitrogens is 2. The molecule has 0 aromatic carbocycles. The van der Waals surface area contributed by atoms with Crippen molar-refractivity contribution in [2.45, 2.75) is 45.1 Å². The highest BCUT2D eigenvalue weighted by molar-refractivity contribution is 5.83. The molecule has 0 saturated carbocycles. The van der Waals surface area contributed by atoms with Crippen LogP contribution in [0.4, 0.5) is 0 Å². The summed E-state index contributed by atoms with van der Waals surface area (Å²) in [5, 5.41) is 8.52. The molecule has 8 nitrogen and oxygen atoms in total. The topological polar surface area (TPSA) is 111 Å². The van der Waals surface area contributed by atoms with Gasteiger partial charge in [0.05, 0.1) is 6.54 Å². The first kappa shape index (κ1) is 15.3. The summed E-state index contributed by atoms with van der Waals surface area (Å²) < 4.78 is 0. The number of hydrogen-bond acceptors (Lipinski definition) is 4. The van der Waals surface area contributed by atoms with Gasteiger partial charge in [0.2, 0.25) is 11.8 Å². The number of aromatic amines is 2. The van der Waals surface area contributed by atoms with E-state index in [0.29, 0.717) is 5.82 Å². The lowest BCUT2D eigenvalue weighted by atomic mass is 10.2. The van der Waals surface area contributed by atoms with Crippen LogP contribution in [0.25, 0.3) is 0 Å². The van der Waals surface area contributed by atoms with Gasteiger partial charge in [0.15, 0.2) is 0 Å². The first-order chi connectivity index (χ1) is 10.1. The summed E-state index contributed by atoms with van der Waals surface area (Å²) in [5.74, 6) is 0.189. The number of amides is 2. The number of aromatic nitrogens is 3. The highest BCUT2D eigenvalue weighted by Gasteiger charge is 2.16. The van der Waals surface area contributed by atoms with Crippen molar-refractivity contribution in [3.8, 4) is 0 Å². The molecule has 1 fully saturated rings. The smallest absolute Gasteiger partial charge is 0.340 e. The van der Waals surface area contributed by atoms with E-state index in [1.54, 1.807) is 0 Å². The molecule has 1 aliphatic rings. The maximum atomic E-state index is 12.0. The third-order valence-electron chi connectivity index (χ3n) is 3.53. The lowest BCUT2D eigenvalue weighted by molar-refractivity contribution is -0.133. The highest BCUT2D eigenvalue weighted by atomic mass is 16.2. The Labute approximate surface area is 122 Å². The van der Waals surface area contributed by atoms with E-state index >= 15 is 0 Å². The Hall–Kier alpha value is -2.12. The molecule has 0 radical (unpaired) electrons. The Kier molecular flexibility index (Phi) is 5.53. The minimum Gasteiger partial charge on any atom is -0.349 e. The van der Waals surface area contributed by atoms with E-state index in [1.165, 1.54) is 12.8 Å². The van der Waals surface area contributed by atoms with Gasteiger partial charge in [-0.2, -0.15) is 5.10 Å². The van der Waals surface area contributed by atoms with Crippen LogP contribution in [0.1, 0.15) is 44.3 Å². The molecule has 0 unspecified atom stereocenters. The minimum absolute atomic E-state index is 0.0419. The molecule has 1 aliphatic heterocycles. The van der Waals surface area contributed by atoms with Crippen molar-refractivity contribution in [1.82, 2.24) is 25.4 Å². The summed E-state index contributed by atoms with van der Waals surface area (Å²) in [6.45, 7) is 1.75. The molecule has 0 bridgehead atoms. The monoisotopic (exact) mass is 295 g/mol. The number of carbonyl (C=O) groups is 2. The number of likely N-dealkylation sites (tertiary alicyclic amines) is 1. The first-order valence-corrected chi connectivity index (χ1v) is 7.33. The van der Waals surface area contributed by atoms with Gasteiger partial charge < -0.3 is 10.2 Å². The Morgan fingerprint density at radius 1 is 1.14 bits per heavy atom. The second kappa shape index (κ2) is 7.61. The fraction of sp³-hybridized carbons (Fsp3) is 0.692. The molecular formula is C13H21N5O3. The van der Waals surface area contributed by atoms with Crippen molar-refractivity contribution in [1.29, 1.82) is 0 Å². The van der Waals surface area contributed by atoms with Gasteiger partial charge in [0.1, 0.15) is 5.82 Å². The maximum Gasteiger partial charge on any atom is 0.340 e. The third kappa shape index (κ3) is 5.05. The third-order valence-corrected chi connectivity index (χ3v) is 3.53. The van der Waals surface area contributed by atoms with E-state index in [9.17, 15) is 14.4 Å². The van der Waals surface area contributed by atoms with Gasteiger partial charge in [-0.05, 0) is 12.8 Å². The number of hydrogen-bond donors (Lipinski definition) is 3. The van der Waals surface area contributed by atoms with Crippen molar-refractivity contribution < 1.29 is 9.59 Å². The molecule has 8 heteroatoms. The Morgan fingerprint density at radius 2 is 1.86 bits per heavy atom. The zero-order chi connectivity index (χ0) is 15.1. The molecule has 1 saturated heterocycles. The Morgan fingerprint density at radius 3 is 2.48 bits per heavy atom. The SMILES string of the molecule is O=C(CCC(=O)N1CCCCCC1)NCc1n[nH]c(=O)[nH]1. The van der Waals surface area contributed by atoms with E-state index in [1.807, 2.05) is 4.90 Å². The molecule has 2 amide bonds. The second-order valence-corrected chi connectivity index (χ2v) is 5.20. The van der Waals surface area contributed by atoms with Crippen molar-refractivity contribution in [2.75, 3.05) is 13.1 Å². The van der Waals surface area contributed by atoms with Gasteiger partial charge in [-0.1, -0.05) is 12.8 Å². The maximum absolute atomic E-state index is 12.0. The highest BCUT2D eigenvalue weighted by Crippen LogP contribution is 2.11. The van der Waals surface area contributed by atoms with E-state index in [0.717, 1.165) is 25.9 Å². The lowest BCUT2D eigenvalue weighted by Crippen LogP contribution is -2.33. The van der Waals surface area contributed by atoms with Crippen molar-refractivity contribution in [2.24, 2.45) is 0 Å². The van der Waals surface area contributed by atoms with E-state index in [2.05, 4.69) is 20.5 Å². The molecular weight excluding hydrogens is 274 g/mol. The average molecular weight is 295 g/mol. The summed E-state index contributed by atoms with van der Waals surface area (Å²) in [4.78, 5) is 38.8. The summed E-state index contributed by atoms with van der Waals surface area (Å²) in [6.07, 6.45) is 4.82. The Bertz CT molecular complexity index is 528. The van der Waals surface area contributed by atoms with Crippen LogP contribution in [0, 0.1) is 0 Å². The minimum atomic E-state index is -0.407. The van der Waals surface area contributed by atoms with Crippen molar-refractivity contribution in [3.05, 3.63) is 16.3 Å². The summed E-state index contributed by atoms with van der Waals surface area (Å²) in [6, 6.07) is 0. The van der Waals surface area contributed by atoms with Gasteiger partial charge >= 0.3 is 5.69 Å². The standard InChI is InChI=1S/C13H21N5O3/c19-11(14-9-10-15-13(21)17-16-10)5-6-12(20)18-7-3-1-2-4-8-18/h1-9H2,(H,14,19)(H2,15,16,17,21). The normalized spacial score (nSPS) is 15.5. The Balaban J connectivity index is 1.68. The van der Waals surface area contributed by atoms with Crippen molar-refractivity contribution >= 4 is 11.8 Å². The number of rotatable bonds is 5. The van der Waals surface area contributed by atoms with Crippen molar-refractivity contribution in [3.63, 3.8) is 0 Å². The number of nitrogens with one attached hydrogen (secondary N) is 3. The average Bonchev–Trinajstić information content (AvgIpc) is 2.73. The first-order valence-electron chi connectivity index (χ1n) is 7.33. The zero-order valence-corrected chi connectivity index (χ0v) is 12.0. The molecule has 0 spiro atoms. The van der Waals surface area contributed by atoms with Crippen LogP contribution in [-0.4, -0.2) is 45.0 Å². The number of nitrogens with zero attached hydrogens (tertiary/aromatic N) is 2. The van der Waals surface area contributed by atoms with Gasteiger partial charge in [-0.15, -0.1) is 0 Å². The van der Waals surface area contributed by atoms with Crippen LogP contribution >= 0.6 is 0 Å². The van der Waals surface area contributed by atoms with Gasteiger partial charge in [-0.3, -0.25) is 14.6 Å². The fourth-order valence-electron chi connectivity index (χ4n) is 2.36. The quantitative estimate of drug-likeness (QED) is 0.704. The molecule has 21 heavy (non-hydrogen) atoms. The van der Waals surface area contributed by atoms with Crippen LogP contribution < -0.4 is 11.0 Å². The van der Waals surface area contributed by atoms with Crippen LogP contribution in [0.2, 0.25) is 0 Å². The predicted molar refractivity (Wildman–Crippen MR) is 75.3 cm³/mol. The summed E-state index contributed by atoms with van der Waals surface area (Å²) in [5.41, 5.74) is -0.407. The van der Waals surface area contributed by atoms with Crippen LogP contribution in [0.15, 0.2) is 4.79 Å². The summed E-state index contributed by atoms with van der Waals surface area (Å²) in [7, 11) is 0.